The van der Waals surface area contributed by atoms with E-state index >= 15 is 0 Å². The molecule has 2 rings (SSSR count). The molecule has 1 saturated carbocycles. The Labute approximate surface area is 117 Å². The highest BCUT2D eigenvalue weighted by atomic mass is 32.2. The summed E-state index contributed by atoms with van der Waals surface area (Å²) in [6, 6.07) is 0. The van der Waals surface area contributed by atoms with Gasteiger partial charge in [-0.2, -0.15) is 0 Å². The number of carbonyl (C=O) groups is 1. The minimum absolute atomic E-state index is 0.0493. The maximum Gasteiger partial charge on any atom is 0.313 e. The summed E-state index contributed by atoms with van der Waals surface area (Å²) in [6.07, 6.45) is 7.13. The Morgan fingerprint density at radius 2 is 2.26 bits per heavy atom. The summed E-state index contributed by atoms with van der Waals surface area (Å²) in [5.41, 5.74) is 0. The predicted octanol–water partition coefficient (Wildman–Crippen LogP) is 2.60. The molecule has 0 amide bonds. The van der Waals surface area contributed by atoms with E-state index < -0.39 is 5.97 Å². The summed E-state index contributed by atoms with van der Waals surface area (Å²) < 4.78 is 2.12. The van der Waals surface area contributed by atoms with Crippen molar-refractivity contribution in [3.63, 3.8) is 0 Å². The first-order chi connectivity index (χ1) is 9.20. The second-order valence-electron chi connectivity index (χ2n) is 5.07. The van der Waals surface area contributed by atoms with Crippen LogP contribution >= 0.6 is 11.8 Å². The van der Waals surface area contributed by atoms with E-state index in [4.69, 9.17) is 5.11 Å². The Bertz CT molecular complexity index is 430. The first kappa shape index (κ1) is 14.4. The highest BCUT2D eigenvalue weighted by Gasteiger charge is 2.19. The second-order valence-corrected chi connectivity index (χ2v) is 6.01. The molecule has 5 nitrogen and oxygen atoms in total. The smallest absolute Gasteiger partial charge is 0.313 e. The van der Waals surface area contributed by atoms with Crippen LogP contribution in [0.1, 0.15) is 44.9 Å². The number of hydrogen-bond acceptors (Lipinski definition) is 4. The number of hydrogen-bond donors (Lipinski definition) is 1. The van der Waals surface area contributed by atoms with Gasteiger partial charge in [0.1, 0.15) is 5.82 Å². The van der Waals surface area contributed by atoms with Crippen LogP contribution in [-0.2, 0) is 17.8 Å². The lowest BCUT2D eigenvalue weighted by atomic mass is 9.83. The van der Waals surface area contributed by atoms with Crippen LogP contribution in [-0.4, -0.2) is 31.6 Å². The van der Waals surface area contributed by atoms with Crippen LogP contribution in [0.2, 0.25) is 0 Å². The van der Waals surface area contributed by atoms with Crippen LogP contribution in [0.5, 0.6) is 0 Å². The monoisotopic (exact) mass is 283 g/mol. The minimum Gasteiger partial charge on any atom is -0.481 e. The van der Waals surface area contributed by atoms with Gasteiger partial charge < -0.3 is 9.67 Å². The number of aromatic nitrogens is 3. The minimum atomic E-state index is -0.810. The largest absolute Gasteiger partial charge is 0.481 e. The van der Waals surface area contributed by atoms with E-state index in [-0.39, 0.29) is 5.75 Å². The summed E-state index contributed by atoms with van der Waals surface area (Å²) >= 11 is 1.27. The molecule has 0 bridgehead atoms. The van der Waals surface area contributed by atoms with E-state index in [1.54, 1.807) is 0 Å². The summed E-state index contributed by atoms with van der Waals surface area (Å²) in [4.78, 5) is 10.7. The average molecular weight is 283 g/mol. The molecule has 6 heteroatoms. The fraction of sp³-hybridized carbons (Fsp3) is 0.769. The molecule has 0 aromatic carbocycles. The fourth-order valence-electron chi connectivity index (χ4n) is 2.28. The lowest BCUT2D eigenvalue weighted by Crippen LogP contribution is -2.15. The van der Waals surface area contributed by atoms with Crippen LogP contribution in [0.25, 0.3) is 0 Å². The molecule has 0 spiro atoms. The molecule has 106 valence electrons. The van der Waals surface area contributed by atoms with E-state index in [0.717, 1.165) is 42.7 Å². The quantitative estimate of drug-likeness (QED) is 0.743. The van der Waals surface area contributed by atoms with Crippen molar-refractivity contribution in [2.45, 2.75) is 57.1 Å². The van der Waals surface area contributed by atoms with Crippen LogP contribution in [0.15, 0.2) is 5.16 Å². The molecule has 0 aliphatic heterocycles. The number of aryl methyl sites for hydroxylation is 1. The number of carboxylic acid groups (broad SMARTS) is 1. The van der Waals surface area contributed by atoms with Gasteiger partial charge in [-0.15, -0.1) is 10.2 Å². The molecule has 1 N–H and O–H groups in total. The molecule has 1 heterocycles. The molecule has 1 aromatic rings. The number of carboxylic acids is 1. The van der Waals surface area contributed by atoms with Gasteiger partial charge in [-0.05, 0) is 18.8 Å². The fourth-order valence-corrected chi connectivity index (χ4v) is 2.98. The van der Waals surface area contributed by atoms with Crippen molar-refractivity contribution in [2.75, 3.05) is 5.75 Å². The zero-order valence-corrected chi connectivity index (χ0v) is 12.2. The van der Waals surface area contributed by atoms with Crippen LogP contribution in [0.4, 0.5) is 0 Å². The third-order valence-electron chi connectivity index (χ3n) is 3.58. The van der Waals surface area contributed by atoms with Gasteiger partial charge in [0.25, 0.3) is 0 Å². The molecule has 1 aromatic heterocycles. The Morgan fingerprint density at radius 3 is 2.84 bits per heavy atom. The van der Waals surface area contributed by atoms with Gasteiger partial charge in [0.2, 0.25) is 0 Å². The van der Waals surface area contributed by atoms with Crippen molar-refractivity contribution in [1.82, 2.24) is 14.8 Å². The third kappa shape index (κ3) is 3.96. The molecule has 1 aliphatic rings. The number of nitrogens with zero attached hydrogens (tertiary/aromatic N) is 3. The Kier molecular flexibility index (Phi) is 5.24. The highest BCUT2D eigenvalue weighted by Crippen LogP contribution is 2.30. The predicted molar refractivity (Wildman–Crippen MR) is 74.3 cm³/mol. The van der Waals surface area contributed by atoms with Crippen molar-refractivity contribution in [3.05, 3.63) is 5.82 Å². The van der Waals surface area contributed by atoms with Gasteiger partial charge in [-0.3, -0.25) is 4.79 Å². The van der Waals surface area contributed by atoms with E-state index in [9.17, 15) is 4.79 Å². The molecule has 1 aliphatic carbocycles. The first-order valence-corrected chi connectivity index (χ1v) is 7.96. The van der Waals surface area contributed by atoms with Crippen LogP contribution in [0.3, 0.4) is 0 Å². The lowest BCUT2D eigenvalue weighted by Gasteiger charge is -2.25. The topological polar surface area (TPSA) is 68.0 Å². The Balaban J connectivity index is 2.00. The zero-order valence-electron chi connectivity index (χ0n) is 11.3. The van der Waals surface area contributed by atoms with Crippen molar-refractivity contribution in [1.29, 1.82) is 0 Å². The second kappa shape index (κ2) is 6.93. The standard InChI is InChI=1S/C13H21N3O2S/c1-2-4-11-14-15-13(19-9-12(17)18)16(11)8-7-10-5-3-6-10/h10H,2-9H2,1H3,(H,17,18). The number of aliphatic carboxylic acids is 1. The molecule has 0 saturated heterocycles. The normalized spacial score (nSPS) is 15.4. The van der Waals surface area contributed by atoms with Gasteiger partial charge in [0.05, 0.1) is 5.75 Å². The molecular weight excluding hydrogens is 262 g/mol. The van der Waals surface area contributed by atoms with Gasteiger partial charge in [-0.1, -0.05) is 37.9 Å². The summed E-state index contributed by atoms with van der Waals surface area (Å²) in [5.74, 6) is 1.08. The van der Waals surface area contributed by atoms with E-state index in [1.807, 2.05) is 0 Å². The average Bonchev–Trinajstić information content (AvgIpc) is 2.68. The van der Waals surface area contributed by atoms with Crippen LogP contribution in [0, 0.1) is 5.92 Å². The molecule has 0 unspecified atom stereocenters. The van der Waals surface area contributed by atoms with Gasteiger partial charge in [0, 0.05) is 13.0 Å². The molecule has 1 fully saturated rings. The van der Waals surface area contributed by atoms with Crippen molar-refractivity contribution in [2.24, 2.45) is 5.92 Å². The maximum atomic E-state index is 10.7. The summed E-state index contributed by atoms with van der Waals surface area (Å²) in [6.45, 7) is 3.05. The van der Waals surface area contributed by atoms with Gasteiger partial charge in [0.15, 0.2) is 5.16 Å². The highest BCUT2D eigenvalue weighted by molar-refractivity contribution is 7.99. The lowest BCUT2D eigenvalue weighted by molar-refractivity contribution is -0.133. The molecule has 0 radical (unpaired) electrons. The van der Waals surface area contributed by atoms with Crippen LogP contribution < -0.4 is 0 Å². The Hall–Kier alpha value is -1.04. The SMILES string of the molecule is CCCc1nnc(SCC(=O)O)n1CCC1CCC1. The van der Waals surface area contributed by atoms with Gasteiger partial charge >= 0.3 is 5.97 Å². The number of rotatable bonds is 8. The van der Waals surface area contributed by atoms with E-state index in [0.29, 0.717) is 0 Å². The molecule has 0 atom stereocenters. The summed E-state index contributed by atoms with van der Waals surface area (Å²) in [7, 11) is 0. The van der Waals surface area contributed by atoms with Crippen molar-refractivity contribution in [3.8, 4) is 0 Å². The maximum absolute atomic E-state index is 10.7. The number of thioether (sulfide) groups is 1. The Morgan fingerprint density at radius 1 is 1.47 bits per heavy atom. The molecule has 19 heavy (non-hydrogen) atoms. The zero-order chi connectivity index (χ0) is 13.7. The van der Waals surface area contributed by atoms with E-state index in [2.05, 4.69) is 21.7 Å². The van der Waals surface area contributed by atoms with Gasteiger partial charge in [-0.25, -0.2) is 0 Å². The third-order valence-corrected chi connectivity index (χ3v) is 4.53. The van der Waals surface area contributed by atoms with E-state index in [1.165, 1.54) is 31.0 Å². The van der Waals surface area contributed by atoms with Crippen molar-refractivity contribution >= 4 is 17.7 Å². The first-order valence-electron chi connectivity index (χ1n) is 6.97. The molecular formula is C13H21N3O2S. The summed E-state index contributed by atoms with van der Waals surface area (Å²) in [5, 5.41) is 17.9. The van der Waals surface area contributed by atoms with Crippen molar-refractivity contribution < 1.29 is 9.90 Å².